The van der Waals surface area contributed by atoms with Crippen LogP contribution in [0.5, 0.6) is 0 Å². The van der Waals surface area contributed by atoms with E-state index in [4.69, 9.17) is 0 Å². The first-order valence-electron chi connectivity index (χ1n) is 10.4. The van der Waals surface area contributed by atoms with Gasteiger partial charge in [-0.1, -0.05) is 36.0 Å². The minimum Gasteiger partial charge on any atom is -0.477 e. The van der Waals surface area contributed by atoms with Gasteiger partial charge in [0.25, 0.3) is 11.6 Å². The lowest BCUT2D eigenvalue weighted by atomic mass is 10.0. The average molecular weight is 523 g/mol. The molecule has 0 radical (unpaired) electrons. The van der Waals surface area contributed by atoms with Gasteiger partial charge in [0.1, 0.15) is 5.56 Å². The third-order valence-corrected chi connectivity index (χ3v) is 7.23. The molecular formula is C24H18N4O6S2. The molecule has 0 aliphatic heterocycles. The van der Waals surface area contributed by atoms with Crippen LogP contribution >= 0.6 is 23.1 Å². The van der Waals surface area contributed by atoms with Gasteiger partial charge in [0, 0.05) is 17.4 Å². The van der Waals surface area contributed by atoms with Crippen LogP contribution in [0.3, 0.4) is 0 Å². The smallest absolute Gasteiger partial charge is 0.343 e. The number of nitrogens with one attached hydrogen (secondary N) is 2. The van der Waals surface area contributed by atoms with Crippen molar-refractivity contribution in [2.75, 3.05) is 16.4 Å². The molecule has 0 aliphatic carbocycles. The molecule has 4 aromatic rings. The van der Waals surface area contributed by atoms with Crippen LogP contribution in [0, 0.1) is 17.0 Å². The number of carboxylic acid groups (broad SMARTS) is 1. The Labute approximate surface area is 212 Å². The SMILES string of the molecule is Cc1ccccc1NC(=O)CSc1nc2ccc(NC(=O)c3cccc([N+](=O)[O-])c3C(=O)O)cc2s1. The Morgan fingerprint density at radius 1 is 1.08 bits per heavy atom. The molecule has 4 rings (SSSR count). The number of aryl methyl sites for hydroxylation is 1. The van der Waals surface area contributed by atoms with E-state index in [1.807, 2.05) is 31.2 Å². The zero-order valence-electron chi connectivity index (χ0n) is 18.7. The number of hydrogen-bond acceptors (Lipinski definition) is 8. The summed E-state index contributed by atoms with van der Waals surface area (Å²) in [5.41, 5.74) is 1.09. The summed E-state index contributed by atoms with van der Waals surface area (Å²) in [4.78, 5) is 51.5. The number of thiazole rings is 1. The average Bonchev–Trinajstić information content (AvgIpc) is 3.26. The number of hydrogen-bond donors (Lipinski definition) is 3. The second kappa shape index (κ2) is 10.5. The van der Waals surface area contributed by atoms with E-state index in [-0.39, 0.29) is 17.2 Å². The van der Waals surface area contributed by atoms with Crippen LogP contribution in [0.15, 0.2) is 65.0 Å². The fraction of sp³-hybridized carbons (Fsp3) is 0.0833. The molecule has 0 atom stereocenters. The van der Waals surface area contributed by atoms with Crippen LogP contribution in [0.1, 0.15) is 26.3 Å². The number of aromatic carboxylic acids is 1. The molecule has 0 fully saturated rings. The van der Waals surface area contributed by atoms with E-state index in [2.05, 4.69) is 15.6 Å². The number of thioether (sulfide) groups is 1. The maximum atomic E-state index is 12.7. The highest BCUT2D eigenvalue weighted by Gasteiger charge is 2.27. The van der Waals surface area contributed by atoms with Gasteiger partial charge < -0.3 is 15.7 Å². The summed E-state index contributed by atoms with van der Waals surface area (Å²) in [5, 5.41) is 26.1. The molecule has 1 aromatic heterocycles. The van der Waals surface area contributed by atoms with Gasteiger partial charge in [0.15, 0.2) is 4.34 Å². The van der Waals surface area contributed by atoms with E-state index in [0.29, 0.717) is 15.5 Å². The first-order valence-corrected chi connectivity index (χ1v) is 12.2. The number of para-hydroxylation sites is 1. The van der Waals surface area contributed by atoms with Gasteiger partial charge in [-0.25, -0.2) is 9.78 Å². The van der Waals surface area contributed by atoms with E-state index in [1.54, 1.807) is 18.2 Å². The van der Waals surface area contributed by atoms with Crippen molar-refractivity contribution in [2.24, 2.45) is 0 Å². The van der Waals surface area contributed by atoms with Crippen LogP contribution in [-0.4, -0.2) is 38.6 Å². The van der Waals surface area contributed by atoms with Gasteiger partial charge in [0.05, 0.1) is 26.5 Å². The van der Waals surface area contributed by atoms with Crippen molar-refractivity contribution >= 4 is 68.2 Å². The minimum atomic E-state index is -1.57. The molecule has 182 valence electrons. The number of aromatic nitrogens is 1. The van der Waals surface area contributed by atoms with Gasteiger partial charge >= 0.3 is 5.97 Å². The normalized spacial score (nSPS) is 10.7. The number of amides is 2. The molecule has 0 aliphatic rings. The zero-order valence-corrected chi connectivity index (χ0v) is 20.3. The molecule has 0 unspecified atom stereocenters. The molecule has 12 heteroatoms. The highest BCUT2D eigenvalue weighted by atomic mass is 32.2. The molecular weight excluding hydrogens is 504 g/mol. The number of anilines is 2. The summed E-state index contributed by atoms with van der Waals surface area (Å²) < 4.78 is 1.41. The Morgan fingerprint density at radius 2 is 1.86 bits per heavy atom. The topological polar surface area (TPSA) is 152 Å². The standard InChI is InChI=1S/C24H18N4O6S2/c1-13-5-2-3-7-16(13)26-20(29)12-35-24-27-17-10-9-14(11-19(17)36-24)25-22(30)15-6-4-8-18(28(33)34)21(15)23(31)32/h2-11H,12H2,1H3,(H,25,30)(H,26,29)(H,31,32). The molecule has 36 heavy (non-hydrogen) atoms. The quantitative estimate of drug-likeness (QED) is 0.162. The number of carboxylic acids is 1. The molecule has 3 N–H and O–H groups in total. The highest BCUT2D eigenvalue weighted by Crippen LogP contribution is 2.32. The molecule has 0 saturated carbocycles. The van der Waals surface area contributed by atoms with Crippen LogP contribution in [0.4, 0.5) is 17.1 Å². The Morgan fingerprint density at radius 3 is 2.58 bits per heavy atom. The Bertz CT molecular complexity index is 1520. The number of nitro groups is 1. The molecule has 0 spiro atoms. The lowest BCUT2D eigenvalue weighted by Gasteiger charge is -2.08. The van der Waals surface area contributed by atoms with E-state index in [0.717, 1.165) is 22.0 Å². The fourth-order valence-electron chi connectivity index (χ4n) is 3.37. The second-order valence-electron chi connectivity index (χ2n) is 7.53. The number of carbonyl (C=O) groups excluding carboxylic acids is 2. The van der Waals surface area contributed by atoms with E-state index in [1.165, 1.54) is 35.2 Å². The van der Waals surface area contributed by atoms with Crippen molar-refractivity contribution in [3.8, 4) is 0 Å². The number of fused-ring (bicyclic) bond motifs is 1. The molecule has 2 amide bonds. The third-order valence-electron chi connectivity index (χ3n) is 5.07. The summed E-state index contributed by atoms with van der Waals surface area (Å²) in [6.07, 6.45) is 0. The van der Waals surface area contributed by atoms with E-state index in [9.17, 15) is 29.6 Å². The van der Waals surface area contributed by atoms with Crippen molar-refractivity contribution in [3.05, 3.63) is 87.5 Å². The number of nitro benzene ring substituents is 1. The minimum absolute atomic E-state index is 0.160. The van der Waals surface area contributed by atoms with Gasteiger partial charge in [-0.05, 0) is 42.8 Å². The predicted octanol–water partition coefficient (Wildman–Crippen LogP) is 5.19. The summed E-state index contributed by atoms with van der Waals surface area (Å²) in [6, 6.07) is 15.9. The lowest BCUT2D eigenvalue weighted by molar-refractivity contribution is -0.385. The molecule has 1 heterocycles. The van der Waals surface area contributed by atoms with Gasteiger partial charge in [-0.15, -0.1) is 11.3 Å². The monoisotopic (exact) mass is 522 g/mol. The number of carbonyl (C=O) groups is 3. The van der Waals surface area contributed by atoms with Gasteiger partial charge in [-0.3, -0.25) is 19.7 Å². The maximum absolute atomic E-state index is 12.7. The molecule has 10 nitrogen and oxygen atoms in total. The Hall–Kier alpha value is -4.29. The maximum Gasteiger partial charge on any atom is 0.343 e. The van der Waals surface area contributed by atoms with E-state index < -0.39 is 28.1 Å². The summed E-state index contributed by atoms with van der Waals surface area (Å²) in [6.45, 7) is 1.91. The number of rotatable bonds is 8. The summed E-state index contributed by atoms with van der Waals surface area (Å²) in [5.74, 6) is -2.35. The lowest BCUT2D eigenvalue weighted by Crippen LogP contribution is -2.17. The number of benzene rings is 3. The first-order chi connectivity index (χ1) is 17.2. The predicted molar refractivity (Wildman–Crippen MR) is 138 cm³/mol. The Balaban J connectivity index is 1.46. The van der Waals surface area contributed by atoms with Crippen LogP contribution in [0.2, 0.25) is 0 Å². The van der Waals surface area contributed by atoms with Crippen molar-refractivity contribution in [3.63, 3.8) is 0 Å². The van der Waals surface area contributed by atoms with Gasteiger partial charge in [0.2, 0.25) is 5.91 Å². The molecule has 3 aromatic carbocycles. The van der Waals surface area contributed by atoms with Crippen LogP contribution in [-0.2, 0) is 4.79 Å². The second-order valence-corrected chi connectivity index (χ2v) is 9.78. The summed E-state index contributed by atoms with van der Waals surface area (Å²) in [7, 11) is 0. The fourth-order valence-corrected chi connectivity index (χ4v) is 5.28. The van der Waals surface area contributed by atoms with Crippen molar-refractivity contribution in [1.29, 1.82) is 0 Å². The van der Waals surface area contributed by atoms with Crippen molar-refractivity contribution < 1.29 is 24.4 Å². The highest BCUT2D eigenvalue weighted by molar-refractivity contribution is 8.01. The zero-order chi connectivity index (χ0) is 25.8. The largest absolute Gasteiger partial charge is 0.477 e. The summed E-state index contributed by atoms with van der Waals surface area (Å²) >= 11 is 2.62. The third kappa shape index (κ3) is 5.50. The van der Waals surface area contributed by atoms with Crippen LogP contribution in [0.25, 0.3) is 10.2 Å². The van der Waals surface area contributed by atoms with Crippen LogP contribution < -0.4 is 10.6 Å². The van der Waals surface area contributed by atoms with Gasteiger partial charge in [-0.2, -0.15) is 0 Å². The molecule has 0 saturated heterocycles. The molecule has 0 bridgehead atoms. The Kier molecular flexibility index (Phi) is 7.27. The van der Waals surface area contributed by atoms with Crippen molar-refractivity contribution in [2.45, 2.75) is 11.3 Å². The van der Waals surface area contributed by atoms with Crippen molar-refractivity contribution in [1.82, 2.24) is 4.98 Å². The van der Waals surface area contributed by atoms with E-state index >= 15 is 0 Å². The number of nitrogens with zero attached hydrogens (tertiary/aromatic N) is 2. The first kappa shape index (κ1) is 24.8.